The van der Waals surface area contributed by atoms with Gasteiger partial charge in [-0.05, 0) is 42.9 Å². The van der Waals surface area contributed by atoms with Crippen LogP contribution in [0, 0.1) is 0 Å². The van der Waals surface area contributed by atoms with E-state index in [0.29, 0.717) is 24.4 Å². The van der Waals surface area contributed by atoms with E-state index < -0.39 is 10.0 Å². The minimum Gasteiger partial charge on any atom is -0.326 e. The summed E-state index contributed by atoms with van der Waals surface area (Å²) in [6.07, 6.45) is 4.60. The molecule has 1 aliphatic rings. The van der Waals surface area contributed by atoms with Gasteiger partial charge >= 0.3 is 0 Å². The van der Waals surface area contributed by atoms with Gasteiger partial charge in [-0.3, -0.25) is 0 Å². The maximum absolute atomic E-state index is 13.1. The predicted octanol–water partition coefficient (Wildman–Crippen LogP) is 2.66. The smallest absolute Gasteiger partial charge is 0.243 e. The second kappa shape index (κ2) is 6.90. The Morgan fingerprint density at radius 1 is 1.29 bits per heavy atom. The van der Waals surface area contributed by atoms with Crippen LogP contribution in [0.2, 0.25) is 0 Å². The van der Waals surface area contributed by atoms with Crippen LogP contribution >= 0.6 is 0 Å². The first kappa shape index (κ1) is 16.5. The van der Waals surface area contributed by atoms with Crippen molar-refractivity contribution in [3.63, 3.8) is 0 Å². The van der Waals surface area contributed by atoms with E-state index in [4.69, 9.17) is 5.73 Å². The van der Waals surface area contributed by atoms with Gasteiger partial charge in [-0.2, -0.15) is 4.31 Å². The van der Waals surface area contributed by atoms with E-state index in [1.54, 1.807) is 10.4 Å². The molecule has 0 unspecified atom stereocenters. The van der Waals surface area contributed by atoms with E-state index in [0.717, 1.165) is 36.8 Å². The summed E-state index contributed by atoms with van der Waals surface area (Å²) in [6.45, 7) is 5.07. The topological polar surface area (TPSA) is 63.4 Å². The maximum atomic E-state index is 13.1. The summed E-state index contributed by atoms with van der Waals surface area (Å²) in [4.78, 5) is 0.455. The summed E-state index contributed by atoms with van der Waals surface area (Å²) < 4.78 is 27.8. The lowest BCUT2D eigenvalue weighted by Gasteiger charge is -2.23. The molecule has 0 saturated heterocycles. The van der Waals surface area contributed by atoms with Crippen LogP contribution in [0.3, 0.4) is 0 Å². The minimum atomic E-state index is -3.41. The van der Waals surface area contributed by atoms with E-state index in [-0.39, 0.29) is 6.04 Å². The van der Waals surface area contributed by atoms with Gasteiger partial charge in [-0.1, -0.05) is 32.4 Å². The van der Waals surface area contributed by atoms with Gasteiger partial charge in [-0.25, -0.2) is 8.42 Å². The van der Waals surface area contributed by atoms with Crippen molar-refractivity contribution in [2.45, 2.75) is 63.4 Å². The molecule has 0 spiro atoms. The first-order valence-electron chi connectivity index (χ1n) is 7.88. The van der Waals surface area contributed by atoms with Crippen LogP contribution in [0.25, 0.3) is 0 Å². The van der Waals surface area contributed by atoms with Gasteiger partial charge in [0, 0.05) is 19.1 Å². The predicted molar refractivity (Wildman–Crippen MR) is 85.5 cm³/mol. The molecule has 1 aromatic carbocycles. The summed E-state index contributed by atoms with van der Waals surface area (Å²) in [5, 5.41) is 0. The number of nitrogens with zero attached hydrogens (tertiary/aromatic N) is 1. The van der Waals surface area contributed by atoms with Crippen LogP contribution in [0.1, 0.15) is 50.7 Å². The zero-order valence-corrected chi connectivity index (χ0v) is 13.8. The van der Waals surface area contributed by atoms with E-state index in [2.05, 4.69) is 6.92 Å². The molecular weight excluding hydrogens is 284 g/mol. The Kier molecular flexibility index (Phi) is 5.41. The second-order valence-corrected chi connectivity index (χ2v) is 7.56. The van der Waals surface area contributed by atoms with Crippen LogP contribution in [-0.2, 0) is 23.0 Å². The van der Waals surface area contributed by atoms with Crippen molar-refractivity contribution >= 4 is 10.0 Å². The molecule has 0 radical (unpaired) electrons. The third-order valence-electron chi connectivity index (χ3n) is 4.02. The van der Waals surface area contributed by atoms with Crippen molar-refractivity contribution in [1.82, 2.24) is 4.31 Å². The monoisotopic (exact) mass is 310 g/mol. The number of unbranched alkanes of at least 4 members (excludes halogenated alkanes) is 1. The van der Waals surface area contributed by atoms with Gasteiger partial charge in [0.25, 0.3) is 0 Å². The van der Waals surface area contributed by atoms with E-state index in [1.807, 2.05) is 19.1 Å². The quantitative estimate of drug-likeness (QED) is 0.803. The molecule has 0 aliphatic heterocycles. The average molecular weight is 310 g/mol. The minimum absolute atomic E-state index is 0.202. The largest absolute Gasteiger partial charge is 0.326 e. The molecule has 5 heteroatoms. The van der Waals surface area contributed by atoms with Crippen molar-refractivity contribution in [3.8, 4) is 0 Å². The molecular formula is C16H26N2O2S. The zero-order valence-electron chi connectivity index (χ0n) is 13.0. The van der Waals surface area contributed by atoms with Crippen molar-refractivity contribution in [2.24, 2.45) is 5.73 Å². The Balaban J connectivity index is 2.40. The lowest BCUT2D eigenvalue weighted by Crippen LogP contribution is -2.34. The lowest BCUT2D eigenvalue weighted by molar-refractivity contribution is 0.395. The second-order valence-electron chi connectivity index (χ2n) is 5.70. The Hall–Kier alpha value is -0.910. The summed E-state index contributed by atoms with van der Waals surface area (Å²) in [7, 11) is -3.41. The molecule has 1 saturated carbocycles. The maximum Gasteiger partial charge on any atom is 0.243 e. The van der Waals surface area contributed by atoms with Gasteiger partial charge in [0.15, 0.2) is 0 Å². The van der Waals surface area contributed by atoms with Gasteiger partial charge in [0.2, 0.25) is 10.0 Å². The Morgan fingerprint density at radius 3 is 2.52 bits per heavy atom. The molecule has 1 aromatic rings. The SMILES string of the molecule is CCCCN(C1CC1)S(=O)(=O)c1cc(CN)ccc1CC. The van der Waals surface area contributed by atoms with Gasteiger partial charge in [0.1, 0.15) is 0 Å². The summed E-state index contributed by atoms with van der Waals surface area (Å²) >= 11 is 0. The summed E-state index contributed by atoms with van der Waals surface area (Å²) in [6, 6.07) is 5.79. The molecule has 1 aliphatic carbocycles. The third kappa shape index (κ3) is 3.65. The number of aryl methyl sites for hydroxylation is 1. The number of benzene rings is 1. The summed E-state index contributed by atoms with van der Waals surface area (Å²) in [5.74, 6) is 0. The highest BCUT2D eigenvalue weighted by Gasteiger charge is 2.38. The number of sulfonamides is 1. The molecule has 2 rings (SSSR count). The van der Waals surface area contributed by atoms with Gasteiger partial charge in [0.05, 0.1) is 4.90 Å². The molecule has 0 bridgehead atoms. The van der Waals surface area contributed by atoms with E-state index in [1.165, 1.54) is 0 Å². The van der Waals surface area contributed by atoms with Crippen LogP contribution in [0.15, 0.2) is 23.1 Å². The normalized spacial score (nSPS) is 15.6. The molecule has 2 N–H and O–H groups in total. The van der Waals surface area contributed by atoms with Crippen molar-refractivity contribution in [2.75, 3.05) is 6.54 Å². The third-order valence-corrected chi connectivity index (χ3v) is 6.06. The highest BCUT2D eigenvalue weighted by atomic mass is 32.2. The number of nitrogens with two attached hydrogens (primary N) is 1. The van der Waals surface area contributed by atoms with Crippen LogP contribution in [-0.4, -0.2) is 25.3 Å². The van der Waals surface area contributed by atoms with Crippen LogP contribution < -0.4 is 5.73 Å². The number of hydrogen-bond acceptors (Lipinski definition) is 3. The van der Waals surface area contributed by atoms with Gasteiger partial charge in [-0.15, -0.1) is 0 Å². The van der Waals surface area contributed by atoms with Crippen molar-refractivity contribution < 1.29 is 8.42 Å². The first-order valence-corrected chi connectivity index (χ1v) is 9.32. The highest BCUT2D eigenvalue weighted by molar-refractivity contribution is 7.89. The molecule has 21 heavy (non-hydrogen) atoms. The van der Waals surface area contributed by atoms with E-state index >= 15 is 0 Å². The molecule has 0 aromatic heterocycles. The highest BCUT2D eigenvalue weighted by Crippen LogP contribution is 2.33. The number of hydrogen-bond donors (Lipinski definition) is 1. The number of rotatable bonds is 8. The summed E-state index contributed by atoms with van der Waals surface area (Å²) in [5.41, 5.74) is 7.43. The molecule has 0 amide bonds. The molecule has 0 heterocycles. The Morgan fingerprint density at radius 2 is 2.00 bits per heavy atom. The van der Waals surface area contributed by atoms with Crippen LogP contribution in [0.4, 0.5) is 0 Å². The lowest BCUT2D eigenvalue weighted by atomic mass is 10.1. The van der Waals surface area contributed by atoms with Gasteiger partial charge < -0.3 is 5.73 Å². The molecule has 4 nitrogen and oxygen atoms in total. The Bertz CT molecular complexity index is 580. The standard InChI is InChI=1S/C16H26N2O2S/c1-3-5-10-18(15-8-9-15)21(19,20)16-11-13(12-17)6-7-14(16)4-2/h6-7,11,15H,3-5,8-10,12,17H2,1-2H3. The molecule has 1 fully saturated rings. The molecule has 118 valence electrons. The molecule has 0 atom stereocenters. The average Bonchev–Trinajstić information content (AvgIpc) is 3.31. The fourth-order valence-corrected chi connectivity index (χ4v) is 4.63. The fraction of sp³-hybridized carbons (Fsp3) is 0.625. The fourth-order valence-electron chi connectivity index (χ4n) is 2.56. The zero-order chi connectivity index (χ0) is 15.5. The van der Waals surface area contributed by atoms with Crippen molar-refractivity contribution in [3.05, 3.63) is 29.3 Å². The van der Waals surface area contributed by atoms with Crippen molar-refractivity contribution in [1.29, 1.82) is 0 Å². The first-order chi connectivity index (χ1) is 10.0. The van der Waals surface area contributed by atoms with Crippen LogP contribution in [0.5, 0.6) is 0 Å². The Labute approximate surface area is 128 Å². The van der Waals surface area contributed by atoms with E-state index in [9.17, 15) is 8.42 Å².